The SMILES string of the molecule is O=Cc1ccc(OC(=O)c2ccccc2)cc1O. The summed E-state index contributed by atoms with van der Waals surface area (Å²) in [5.74, 6) is -0.552. The highest BCUT2D eigenvalue weighted by atomic mass is 16.5. The monoisotopic (exact) mass is 242 g/mol. The molecule has 4 nitrogen and oxygen atoms in total. The zero-order chi connectivity index (χ0) is 13.0. The summed E-state index contributed by atoms with van der Waals surface area (Å²) < 4.78 is 5.07. The van der Waals surface area contributed by atoms with Gasteiger partial charge >= 0.3 is 5.97 Å². The number of hydrogen-bond acceptors (Lipinski definition) is 4. The van der Waals surface area contributed by atoms with E-state index in [1.807, 2.05) is 0 Å². The summed E-state index contributed by atoms with van der Waals surface area (Å²) in [6, 6.07) is 12.6. The Labute approximate surface area is 103 Å². The second kappa shape index (κ2) is 5.14. The van der Waals surface area contributed by atoms with E-state index in [-0.39, 0.29) is 17.1 Å². The molecule has 2 aromatic rings. The summed E-state index contributed by atoms with van der Waals surface area (Å²) in [5.41, 5.74) is 0.561. The van der Waals surface area contributed by atoms with Crippen LogP contribution in [0.5, 0.6) is 11.5 Å². The second-order valence-electron chi connectivity index (χ2n) is 3.59. The van der Waals surface area contributed by atoms with Crippen LogP contribution in [0.4, 0.5) is 0 Å². The van der Waals surface area contributed by atoms with E-state index in [2.05, 4.69) is 0 Å². The number of aldehydes is 1. The molecule has 0 aliphatic carbocycles. The van der Waals surface area contributed by atoms with Crippen LogP contribution in [0, 0.1) is 0 Å². The number of rotatable bonds is 3. The van der Waals surface area contributed by atoms with Crippen LogP contribution in [0.3, 0.4) is 0 Å². The van der Waals surface area contributed by atoms with Gasteiger partial charge in [0.1, 0.15) is 11.5 Å². The van der Waals surface area contributed by atoms with Gasteiger partial charge in [-0.3, -0.25) is 4.79 Å². The number of carbonyl (C=O) groups is 2. The van der Waals surface area contributed by atoms with Crippen LogP contribution in [0.2, 0.25) is 0 Å². The average Bonchev–Trinajstić information content (AvgIpc) is 2.40. The maximum absolute atomic E-state index is 11.7. The third-order valence-corrected chi connectivity index (χ3v) is 2.35. The number of benzene rings is 2. The standard InChI is InChI=1S/C14H10O4/c15-9-11-6-7-12(8-13(11)16)18-14(17)10-4-2-1-3-5-10/h1-9,16H. The first kappa shape index (κ1) is 11.9. The highest BCUT2D eigenvalue weighted by Crippen LogP contribution is 2.22. The van der Waals surface area contributed by atoms with Gasteiger partial charge < -0.3 is 9.84 Å². The molecule has 0 radical (unpaired) electrons. The molecule has 0 aliphatic rings. The highest BCUT2D eigenvalue weighted by Gasteiger charge is 2.09. The summed E-state index contributed by atoms with van der Waals surface area (Å²) in [6.07, 6.45) is 0.526. The first-order valence-corrected chi connectivity index (χ1v) is 5.26. The van der Waals surface area contributed by atoms with Crippen molar-refractivity contribution >= 4 is 12.3 Å². The minimum Gasteiger partial charge on any atom is -0.507 e. The molecule has 0 fully saturated rings. The normalized spacial score (nSPS) is 9.78. The lowest BCUT2D eigenvalue weighted by Crippen LogP contribution is -2.08. The predicted molar refractivity (Wildman–Crippen MR) is 64.9 cm³/mol. The van der Waals surface area contributed by atoms with Crippen molar-refractivity contribution in [3.63, 3.8) is 0 Å². The van der Waals surface area contributed by atoms with Crippen molar-refractivity contribution in [3.8, 4) is 11.5 Å². The number of hydrogen-bond donors (Lipinski definition) is 1. The number of esters is 1. The predicted octanol–water partition coefficient (Wildman–Crippen LogP) is 2.42. The summed E-state index contributed by atoms with van der Waals surface area (Å²) >= 11 is 0. The van der Waals surface area contributed by atoms with Crippen LogP contribution >= 0.6 is 0 Å². The van der Waals surface area contributed by atoms with Crippen LogP contribution in [0.1, 0.15) is 20.7 Å². The molecule has 0 bridgehead atoms. The number of phenolic OH excluding ortho intramolecular Hbond substituents is 1. The minimum atomic E-state index is -0.520. The van der Waals surface area contributed by atoms with Gasteiger partial charge in [0.15, 0.2) is 6.29 Å². The molecule has 0 saturated heterocycles. The highest BCUT2D eigenvalue weighted by molar-refractivity contribution is 5.91. The van der Waals surface area contributed by atoms with Gasteiger partial charge in [-0.05, 0) is 24.3 Å². The van der Waals surface area contributed by atoms with Crippen molar-refractivity contribution in [1.29, 1.82) is 0 Å². The summed E-state index contributed by atoms with van der Waals surface area (Å²) in [5, 5.41) is 9.45. The lowest BCUT2D eigenvalue weighted by Gasteiger charge is -2.05. The fraction of sp³-hybridized carbons (Fsp3) is 0. The molecule has 2 rings (SSSR count). The van der Waals surface area contributed by atoms with Crippen molar-refractivity contribution in [1.82, 2.24) is 0 Å². The van der Waals surface area contributed by atoms with Crippen molar-refractivity contribution in [2.75, 3.05) is 0 Å². The topological polar surface area (TPSA) is 63.6 Å². The van der Waals surface area contributed by atoms with E-state index in [0.29, 0.717) is 11.8 Å². The molecule has 0 amide bonds. The van der Waals surface area contributed by atoms with Crippen LogP contribution in [-0.2, 0) is 0 Å². The van der Waals surface area contributed by atoms with E-state index in [4.69, 9.17) is 4.74 Å². The third kappa shape index (κ3) is 2.55. The quantitative estimate of drug-likeness (QED) is 0.510. The van der Waals surface area contributed by atoms with Crippen molar-refractivity contribution in [2.24, 2.45) is 0 Å². The fourth-order valence-electron chi connectivity index (χ4n) is 1.43. The molecular formula is C14H10O4. The first-order valence-electron chi connectivity index (χ1n) is 5.26. The lowest BCUT2D eigenvalue weighted by molar-refractivity contribution is 0.0734. The smallest absolute Gasteiger partial charge is 0.343 e. The maximum Gasteiger partial charge on any atom is 0.343 e. The lowest BCUT2D eigenvalue weighted by atomic mass is 10.2. The van der Waals surface area contributed by atoms with Gasteiger partial charge in [0.05, 0.1) is 11.1 Å². The Kier molecular flexibility index (Phi) is 3.38. The first-order chi connectivity index (χ1) is 8.70. The maximum atomic E-state index is 11.7. The Bertz CT molecular complexity index is 576. The van der Waals surface area contributed by atoms with Gasteiger partial charge in [-0.25, -0.2) is 4.79 Å². The molecular weight excluding hydrogens is 232 g/mol. The Balaban J connectivity index is 2.17. The summed E-state index contributed by atoms with van der Waals surface area (Å²) in [6.45, 7) is 0. The van der Waals surface area contributed by atoms with Crippen LogP contribution < -0.4 is 4.74 Å². The number of ether oxygens (including phenoxy) is 1. The Morgan fingerprint density at radius 1 is 1.11 bits per heavy atom. The largest absolute Gasteiger partial charge is 0.507 e. The van der Waals surface area contributed by atoms with E-state index < -0.39 is 5.97 Å². The van der Waals surface area contributed by atoms with Crippen molar-refractivity contribution in [3.05, 3.63) is 59.7 Å². The van der Waals surface area contributed by atoms with Crippen molar-refractivity contribution < 1.29 is 19.4 Å². The Morgan fingerprint density at radius 2 is 1.83 bits per heavy atom. The molecule has 0 aromatic heterocycles. The van der Waals surface area contributed by atoms with E-state index in [9.17, 15) is 14.7 Å². The molecule has 0 spiro atoms. The van der Waals surface area contributed by atoms with Gasteiger partial charge in [0.2, 0.25) is 0 Å². The molecule has 18 heavy (non-hydrogen) atoms. The van der Waals surface area contributed by atoms with E-state index >= 15 is 0 Å². The molecule has 1 N–H and O–H groups in total. The van der Waals surface area contributed by atoms with Gasteiger partial charge in [0, 0.05) is 6.07 Å². The second-order valence-corrected chi connectivity index (χ2v) is 3.59. The van der Waals surface area contributed by atoms with Gasteiger partial charge in [0.25, 0.3) is 0 Å². The van der Waals surface area contributed by atoms with E-state index in [1.165, 1.54) is 18.2 Å². The van der Waals surface area contributed by atoms with Gasteiger partial charge in [-0.15, -0.1) is 0 Å². The summed E-state index contributed by atoms with van der Waals surface area (Å²) in [7, 11) is 0. The Morgan fingerprint density at radius 3 is 2.44 bits per heavy atom. The average molecular weight is 242 g/mol. The molecule has 4 heteroatoms. The fourth-order valence-corrected chi connectivity index (χ4v) is 1.43. The summed E-state index contributed by atoms with van der Waals surface area (Å²) in [4.78, 5) is 22.2. The van der Waals surface area contributed by atoms with Gasteiger partial charge in [-0.2, -0.15) is 0 Å². The van der Waals surface area contributed by atoms with E-state index in [1.54, 1.807) is 30.3 Å². The molecule has 0 unspecified atom stereocenters. The van der Waals surface area contributed by atoms with Crippen LogP contribution in [0.15, 0.2) is 48.5 Å². The zero-order valence-electron chi connectivity index (χ0n) is 9.37. The molecule has 90 valence electrons. The number of carbonyl (C=O) groups excluding carboxylic acids is 2. The minimum absolute atomic E-state index is 0.148. The number of phenols is 1. The Hall–Kier alpha value is -2.62. The molecule has 0 saturated carbocycles. The van der Waals surface area contributed by atoms with E-state index in [0.717, 1.165) is 0 Å². The number of aromatic hydroxyl groups is 1. The van der Waals surface area contributed by atoms with Gasteiger partial charge in [-0.1, -0.05) is 18.2 Å². The van der Waals surface area contributed by atoms with Crippen LogP contribution in [-0.4, -0.2) is 17.4 Å². The van der Waals surface area contributed by atoms with Crippen molar-refractivity contribution in [2.45, 2.75) is 0 Å². The molecule has 2 aromatic carbocycles. The molecule has 0 heterocycles. The zero-order valence-corrected chi connectivity index (χ0v) is 9.37. The molecule has 0 aliphatic heterocycles. The third-order valence-electron chi connectivity index (χ3n) is 2.35. The molecule has 0 atom stereocenters. The van der Waals surface area contributed by atoms with Crippen LogP contribution in [0.25, 0.3) is 0 Å².